The zero-order valence-corrected chi connectivity index (χ0v) is 13.6. The predicted molar refractivity (Wildman–Crippen MR) is 90.1 cm³/mol. The van der Waals surface area contributed by atoms with Crippen LogP contribution in [0.25, 0.3) is 10.9 Å². The van der Waals surface area contributed by atoms with Crippen molar-refractivity contribution in [2.24, 2.45) is 0 Å². The zero-order valence-electron chi connectivity index (χ0n) is 13.6. The van der Waals surface area contributed by atoms with Crippen LogP contribution in [0.4, 0.5) is 5.69 Å². The van der Waals surface area contributed by atoms with Crippen molar-refractivity contribution in [3.63, 3.8) is 0 Å². The number of likely N-dealkylation sites (tertiary alicyclic amines) is 2. The SMILES string of the molecule is CN1CCCC12CCN(C(=O)c1cc3cccc([N+](=O)[O-])c3[nH]1)C2. The Hall–Kier alpha value is -2.41. The molecule has 0 bridgehead atoms. The van der Waals surface area contributed by atoms with E-state index < -0.39 is 4.92 Å². The third kappa shape index (κ3) is 2.19. The van der Waals surface area contributed by atoms with E-state index in [2.05, 4.69) is 16.9 Å². The lowest BCUT2D eigenvalue weighted by Gasteiger charge is -2.31. The second-order valence-corrected chi connectivity index (χ2v) is 6.91. The van der Waals surface area contributed by atoms with E-state index >= 15 is 0 Å². The minimum Gasteiger partial charge on any atom is -0.345 e. The minimum absolute atomic E-state index is 0.0000292. The van der Waals surface area contributed by atoms with E-state index in [-0.39, 0.29) is 17.1 Å². The smallest absolute Gasteiger partial charge is 0.293 e. The maximum absolute atomic E-state index is 12.9. The molecule has 7 nitrogen and oxygen atoms in total. The van der Waals surface area contributed by atoms with Gasteiger partial charge in [0.2, 0.25) is 0 Å². The van der Waals surface area contributed by atoms with E-state index in [9.17, 15) is 14.9 Å². The summed E-state index contributed by atoms with van der Waals surface area (Å²) in [6.07, 6.45) is 3.30. The van der Waals surface area contributed by atoms with Crippen LogP contribution in [0.2, 0.25) is 0 Å². The van der Waals surface area contributed by atoms with E-state index in [1.165, 1.54) is 12.5 Å². The lowest BCUT2D eigenvalue weighted by Crippen LogP contribution is -2.44. The molecule has 4 rings (SSSR count). The van der Waals surface area contributed by atoms with E-state index in [0.29, 0.717) is 16.6 Å². The first kappa shape index (κ1) is 15.1. The van der Waals surface area contributed by atoms with Crippen LogP contribution in [0.1, 0.15) is 29.8 Å². The van der Waals surface area contributed by atoms with Gasteiger partial charge in [0.15, 0.2) is 0 Å². The highest BCUT2D eigenvalue weighted by atomic mass is 16.6. The molecule has 0 aliphatic carbocycles. The quantitative estimate of drug-likeness (QED) is 0.678. The van der Waals surface area contributed by atoms with E-state index in [4.69, 9.17) is 0 Å². The van der Waals surface area contributed by atoms with Crippen molar-refractivity contribution in [1.82, 2.24) is 14.8 Å². The Morgan fingerprint density at radius 2 is 2.17 bits per heavy atom. The summed E-state index contributed by atoms with van der Waals surface area (Å²) < 4.78 is 0. The van der Waals surface area contributed by atoms with Gasteiger partial charge in [-0.2, -0.15) is 0 Å². The number of likely N-dealkylation sites (N-methyl/N-ethyl adjacent to an activating group) is 1. The molecule has 3 heterocycles. The van der Waals surface area contributed by atoms with Crippen LogP contribution >= 0.6 is 0 Å². The molecular formula is C17H20N4O3. The molecule has 2 fully saturated rings. The number of aromatic nitrogens is 1. The fourth-order valence-electron chi connectivity index (χ4n) is 4.20. The first-order valence-corrected chi connectivity index (χ1v) is 8.27. The molecule has 2 aliphatic rings. The fraction of sp³-hybridized carbons (Fsp3) is 0.471. The van der Waals surface area contributed by atoms with E-state index in [1.807, 2.05) is 4.90 Å². The first-order valence-electron chi connectivity index (χ1n) is 8.27. The Balaban J connectivity index is 1.62. The number of nitrogens with zero attached hydrogens (tertiary/aromatic N) is 3. The highest BCUT2D eigenvalue weighted by Gasteiger charge is 2.45. The molecule has 1 aromatic carbocycles. The summed E-state index contributed by atoms with van der Waals surface area (Å²) in [5, 5.41) is 11.8. The van der Waals surface area contributed by atoms with Crippen molar-refractivity contribution >= 4 is 22.5 Å². The summed E-state index contributed by atoms with van der Waals surface area (Å²) in [5.41, 5.74) is 0.961. The lowest BCUT2D eigenvalue weighted by atomic mass is 9.96. The summed E-state index contributed by atoms with van der Waals surface area (Å²) >= 11 is 0. The second kappa shape index (κ2) is 5.31. The van der Waals surface area contributed by atoms with Gasteiger partial charge in [0.1, 0.15) is 11.2 Å². The van der Waals surface area contributed by atoms with Gasteiger partial charge in [0.05, 0.1) is 4.92 Å². The van der Waals surface area contributed by atoms with Crippen molar-refractivity contribution in [2.75, 3.05) is 26.7 Å². The Kier molecular flexibility index (Phi) is 3.35. The molecule has 1 amide bonds. The molecule has 24 heavy (non-hydrogen) atoms. The zero-order chi connectivity index (χ0) is 16.9. The molecule has 0 saturated carbocycles. The topological polar surface area (TPSA) is 82.5 Å². The maximum Gasteiger partial charge on any atom is 0.293 e. The van der Waals surface area contributed by atoms with Crippen molar-refractivity contribution in [2.45, 2.75) is 24.8 Å². The number of nitrogens with one attached hydrogen (secondary N) is 1. The molecule has 1 unspecified atom stereocenters. The van der Waals surface area contributed by atoms with Gasteiger partial charge in [-0.1, -0.05) is 12.1 Å². The van der Waals surface area contributed by atoms with Crippen LogP contribution < -0.4 is 0 Å². The number of H-pyrrole nitrogens is 1. The number of hydrogen-bond donors (Lipinski definition) is 1. The minimum atomic E-state index is -0.425. The molecule has 7 heteroatoms. The average molecular weight is 328 g/mol. The number of non-ortho nitro benzene ring substituents is 1. The van der Waals surface area contributed by atoms with Gasteiger partial charge >= 0.3 is 0 Å². The summed E-state index contributed by atoms with van der Waals surface area (Å²) in [6, 6.07) is 6.59. The molecule has 0 radical (unpaired) electrons. The van der Waals surface area contributed by atoms with Gasteiger partial charge in [-0.3, -0.25) is 19.8 Å². The van der Waals surface area contributed by atoms with Crippen molar-refractivity contribution in [3.8, 4) is 0 Å². The van der Waals surface area contributed by atoms with Crippen LogP contribution in [-0.4, -0.2) is 57.8 Å². The van der Waals surface area contributed by atoms with Gasteiger partial charge in [-0.25, -0.2) is 0 Å². The second-order valence-electron chi connectivity index (χ2n) is 6.91. The van der Waals surface area contributed by atoms with Gasteiger partial charge in [0, 0.05) is 30.1 Å². The molecule has 126 valence electrons. The highest BCUT2D eigenvalue weighted by molar-refractivity contribution is 6.00. The molecule has 1 atom stereocenters. The number of fused-ring (bicyclic) bond motifs is 1. The van der Waals surface area contributed by atoms with Crippen molar-refractivity contribution < 1.29 is 9.72 Å². The van der Waals surface area contributed by atoms with Gasteiger partial charge in [-0.05, 0) is 38.9 Å². The number of nitro benzene ring substituents is 1. The third-order valence-electron chi connectivity index (χ3n) is 5.63. The van der Waals surface area contributed by atoms with E-state index in [1.54, 1.807) is 18.2 Å². The number of para-hydroxylation sites is 1. The Bertz CT molecular complexity index is 830. The van der Waals surface area contributed by atoms with Crippen molar-refractivity contribution in [1.29, 1.82) is 0 Å². The number of hydrogen-bond acceptors (Lipinski definition) is 4. The molecule has 2 aromatic rings. The van der Waals surface area contributed by atoms with Crippen LogP contribution in [-0.2, 0) is 0 Å². The number of nitro groups is 1. The number of rotatable bonds is 2. The highest BCUT2D eigenvalue weighted by Crippen LogP contribution is 2.37. The summed E-state index contributed by atoms with van der Waals surface area (Å²) in [4.78, 5) is 30.8. The molecule has 2 saturated heterocycles. The van der Waals surface area contributed by atoms with Crippen LogP contribution in [0.15, 0.2) is 24.3 Å². The lowest BCUT2D eigenvalue weighted by molar-refractivity contribution is -0.383. The van der Waals surface area contributed by atoms with Gasteiger partial charge < -0.3 is 9.88 Å². The van der Waals surface area contributed by atoms with Crippen LogP contribution in [0.3, 0.4) is 0 Å². The summed E-state index contributed by atoms with van der Waals surface area (Å²) in [5.74, 6) is -0.0716. The number of carbonyl (C=O) groups excluding carboxylic acids is 1. The van der Waals surface area contributed by atoms with Gasteiger partial charge in [-0.15, -0.1) is 0 Å². The number of amides is 1. The molecule has 1 spiro atoms. The summed E-state index contributed by atoms with van der Waals surface area (Å²) in [6.45, 7) is 2.56. The van der Waals surface area contributed by atoms with Crippen molar-refractivity contribution in [3.05, 3.63) is 40.1 Å². The number of benzene rings is 1. The Morgan fingerprint density at radius 3 is 2.88 bits per heavy atom. The molecule has 1 aromatic heterocycles. The van der Waals surface area contributed by atoms with Crippen LogP contribution in [0.5, 0.6) is 0 Å². The number of carbonyl (C=O) groups is 1. The maximum atomic E-state index is 12.9. The normalized spacial score (nSPS) is 24.3. The molecule has 1 N–H and O–H groups in total. The predicted octanol–water partition coefficient (Wildman–Crippen LogP) is 2.39. The third-order valence-corrected chi connectivity index (χ3v) is 5.63. The van der Waals surface area contributed by atoms with E-state index in [0.717, 1.165) is 32.5 Å². The Labute approximate surface area is 139 Å². The largest absolute Gasteiger partial charge is 0.345 e. The van der Waals surface area contributed by atoms with Gasteiger partial charge in [0.25, 0.3) is 11.6 Å². The summed E-state index contributed by atoms with van der Waals surface area (Å²) in [7, 11) is 2.13. The molecule has 2 aliphatic heterocycles. The van der Waals surface area contributed by atoms with Crippen LogP contribution in [0, 0.1) is 10.1 Å². The average Bonchev–Trinajstić information content (AvgIpc) is 3.26. The standard InChI is InChI=1S/C17H20N4O3/c1-19-8-3-6-17(19)7-9-20(11-17)16(22)13-10-12-4-2-5-14(21(23)24)15(12)18-13/h2,4-5,10,18H,3,6-9,11H2,1H3. The fourth-order valence-corrected chi connectivity index (χ4v) is 4.20. The molecular weight excluding hydrogens is 308 g/mol. The Morgan fingerprint density at radius 1 is 1.33 bits per heavy atom. The monoisotopic (exact) mass is 328 g/mol. The number of aromatic amines is 1. The first-order chi connectivity index (χ1) is 11.5.